The number of anilines is 1. The summed E-state index contributed by atoms with van der Waals surface area (Å²) >= 11 is 0. The lowest BCUT2D eigenvalue weighted by molar-refractivity contribution is 0.0879. The minimum atomic E-state index is -0.388. The third kappa shape index (κ3) is 2.90. The van der Waals surface area contributed by atoms with Crippen LogP contribution in [0.5, 0.6) is 0 Å². The molecule has 1 aromatic carbocycles. The molecule has 1 heterocycles. The van der Waals surface area contributed by atoms with Gasteiger partial charge in [-0.2, -0.15) is 0 Å². The number of amides is 2. The van der Waals surface area contributed by atoms with Gasteiger partial charge in [-0.15, -0.1) is 0 Å². The second-order valence-electron chi connectivity index (χ2n) is 4.79. The van der Waals surface area contributed by atoms with Crippen LogP contribution in [0.25, 0.3) is 0 Å². The van der Waals surface area contributed by atoms with Gasteiger partial charge in [0.15, 0.2) is 5.96 Å². The van der Waals surface area contributed by atoms with E-state index in [9.17, 15) is 9.59 Å². The van der Waals surface area contributed by atoms with E-state index < -0.39 is 0 Å². The molecule has 1 aliphatic heterocycles. The number of fused-ring (bicyclic) bond motifs is 1. The van der Waals surface area contributed by atoms with Crippen LogP contribution < -0.4 is 16.4 Å². The predicted molar refractivity (Wildman–Crippen MR) is 73.2 cm³/mol. The fourth-order valence-corrected chi connectivity index (χ4v) is 1.71. The third-order valence-corrected chi connectivity index (χ3v) is 2.64. The van der Waals surface area contributed by atoms with Crippen molar-refractivity contribution in [1.29, 1.82) is 0 Å². The van der Waals surface area contributed by atoms with Crippen LogP contribution in [0.1, 0.15) is 34.6 Å². The number of rotatable bonds is 3. The summed E-state index contributed by atoms with van der Waals surface area (Å²) in [5, 5.41) is 5.13. The molecule has 0 atom stereocenters. The Morgan fingerprint density at radius 1 is 1.32 bits per heavy atom. The van der Waals surface area contributed by atoms with Crippen molar-refractivity contribution in [3.8, 4) is 0 Å². The van der Waals surface area contributed by atoms with Crippen LogP contribution >= 0.6 is 0 Å². The Hall–Kier alpha value is -2.37. The van der Waals surface area contributed by atoms with Crippen molar-refractivity contribution in [2.24, 2.45) is 16.6 Å². The third-order valence-electron chi connectivity index (χ3n) is 2.64. The summed E-state index contributed by atoms with van der Waals surface area (Å²) < 4.78 is 0. The van der Waals surface area contributed by atoms with Crippen molar-refractivity contribution in [3.05, 3.63) is 29.3 Å². The van der Waals surface area contributed by atoms with E-state index in [4.69, 9.17) is 5.73 Å². The van der Waals surface area contributed by atoms with Gasteiger partial charge in [-0.1, -0.05) is 13.8 Å². The number of hydrogen-bond donors (Lipinski definition) is 3. The minimum Gasteiger partial charge on any atom is -0.370 e. The number of guanidine groups is 1. The molecule has 1 aliphatic rings. The molecule has 2 amide bonds. The molecular weight excluding hydrogens is 244 g/mol. The lowest BCUT2D eigenvalue weighted by Gasteiger charge is -2.07. The molecule has 0 fully saturated rings. The second kappa shape index (κ2) is 5.09. The van der Waals surface area contributed by atoms with Crippen LogP contribution in [-0.2, 0) is 0 Å². The minimum absolute atomic E-state index is 0.290. The Morgan fingerprint density at radius 3 is 2.68 bits per heavy atom. The van der Waals surface area contributed by atoms with E-state index in [1.54, 1.807) is 18.2 Å². The summed E-state index contributed by atoms with van der Waals surface area (Å²) in [6.07, 6.45) is 0. The molecule has 100 valence electrons. The zero-order chi connectivity index (χ0) is 14.0. The molecule has 19 heavy (non-hydrogen) atoms. The molecule has 0 aromatic heterocycles. The topological polar surface area (TPSA) is 96.6 Å². The number of benzene rings is 1. The summed E-state index contributed by atoms with van der Waals surface area (Å²) in [5.74, 6) is -0.0449. The summed E-state index contributed by atoms with van der Waals surface area (Å²) in [5.41, 5.74) is 7.10. The highest BCUT2D eigenvalue weighted by atomic mass is 16.2. The Balaban J connectivity index is 2.15. The molecule has 0 saturated heterocycles. The summed E-state index contributed by atoms with van der Waals surface area (Å²) in [4.78, 5) is 27.1. The van der Waals surface area contributed by atoms with Crippen LogP contribution in [0.15, 0.2) is 23.2 Å². The van der Waals surface area contributed by atoms with Crippen molar-refractivity contribution in [2.45, 2.75) is 13.8 Å². The van der Waals surface area contributed by atoms with Crippen LogP contribution in [0.2, 0.25) is 0 Å². The first-order valence-electron chi connectivity index (χ1n) is 6.04. The number of carbonyl (C=O) groups excluding carboxylic acids is 2. The van der Waals surface area contributed by atoms with Crippen LogP contribution in [0, 0.1) is 5.92 Å². The Bertz CT molecular complexity index is 564. The van der Waals surface area contributed by atoms with Crippen LogP contribution in [0.4, 0.5) is 5.69 Å². The maximum Gasteiger partial charge on any atom is 0.259 e. The fourth-order valence-electron chi connectivity index (χ4n) is 1.71. The molecule has 4 N–H and O–H groups in total. The average Bonchev–Trinajstić information content (AvgIpc) is 2.62. The SMILES string of the molecule is CC(C)CN=C(N)Nc1ccc2c(c1)C(=O)NC2=O. The van der Waals surface area contributed by atoms with Gasteiger partial charge in [0, 0.05) is 12.2 Å². The standard InChI is InChI=1S/C13H16N4O2/c1-7(2)6-15-13(14)16-8-3-4-9-10(5-8)12(19)17-11(9)18/h3-5,7H,6H2,1-2H3,(H3,14,15,16)(H,17,18,19). The quantitative estimate of drug-likeness (QED) is 0.428. The van der Waals surface area contributed by atoms with E-state index in [2.05, 4.69) is 15.6 Å². The number of nitrogens with two attached hydrogens (primary N) is 1. The molecule has 2 rings (SSSR count). The number of imide groups is 1. The van der Waals surface area contributed by atoms with Crippen molar-refractivity contribution in [2.75, 3.05) is 11.9 Å². The predicted octanol–water partition coefficient (Wildman–Crippen LogP) is 0.953. The molecule has 0 spiro atoms. The zero-order valence-electron chi connectivity index (χ0n) is 10.9. The van der Waals surface area contributed by atoms with Crippen molar-refractivity contribution < 1.29 is 9.59 Å². The lowest BCUT2D eigenvalue weighted by atomic mass is 10.1. The number of nitrogens with zero attached hydrogens (tertiary/aromatic N) is 1. The molecular formula is C13H16N4O2. The highest BCUT2D eigenvalue weighted by Gasteiger charge is 2.26. The summed E-state index contributed by atoms with van der Waals surface area (Å²) in [7, 11) is 0. The summed E-state index contributed by atoms with van der Waals surface area (Å²) in [6, 6.07) is 4.87. The van der Waals surface area contributed by atoms with E-state index in [1.165, 1.54) is 0 Å². The van der Waals surface area contributed by atoms with Gasteiger partial charge in [-0.3, -0.25) is 19.9 Å². The highest BCUT2D eigenvalue weighted by Crippen LogP contribution is 2.20. The Labute approximate surface area is 111 Å². The van der Waals surface area contributed by atoms with E-state index in [1.807, 2.05) is 13.8 Å². The van der Waals surface area contributed by atoms with Crippen molar-refractivity contribution in [1.82, 2.24) is 5.32 Å². The van der Waals surface area contributed by atoms with Crippen LogP contribution in [-0.4, -0.2) is 24.3 Å². The molecule has 6 heteroatoms. The Morgan fingerprint density at radius 2 is 2.00 bits per heavy atom. The van der Waals surface area contributed by atoms with Gasteiger partial charge < -0.3 is 11.1 Å². The van der Waals surface area contributed by atoms with Gasteiger partial charge in [0.1, 0.15) is 0 Å². The second-order valence-corrected chi connectivity index (χ2v) is 4.79. The molecule has 0 aliphatic carbocycles. The maximum atomic E-state index is 11.5. The molecule has 6 nitrogen and oxygen atoms in total. The van der Waals surface area contributed by atoms with Gasteiger partial charge in [-0.05, 0) is 24.1 Å². The Kier molecular flexibility index (Phi) is 3.50. The number of carbonyl (C=O) groups is 2. The summed E-state index contributed by atoms with van der Waals surface area (Å²) in [6.45, 7) is 4.72. The highest BCUT2D eigenvalue weighted by molar-refractivity contribution is 6.22. The first-order chi connectivity index (χ1) is 8.97. The van der Waals surface area contributed by atoms with E-state index in [0.29, 0.717) is 35.2 Å². The van der Waals surface area contributed by atoms with Gasteiger partial charge in [0.2, 0.25) is 0 Å². The molecule has 0 radical (unpaired) electrons. The van der Waals surface area contributed by atoms with Crippen LogP contribution in [0.3, 0.4) is 0 Å². The van der Waals surface area contributed by atoms with Gasteiger partial charge >= 0.3 is 0 Å². The monoisotopic (exact) mass is 260 g/mol. The zero-order valence-corrected chi connectivity index (χ0v) is 10.9. The van der Waals surface area contributed by atoms with Crippen molar-refractivity contribution >= 4 is 23.5 Å². The average molecular weight is 260 g/mol. The first kappa shape index (κ1) is 13.1. The first-order valence-corrected chi connectivity index (χ1v) is 6.04. The fraction of sp³-hybridized carbons (Fsp3) is 0.308. The van der Waals surface area contributed by atoms with Gasteiger partial charge in [0.25, 0.3) is 11.8 Å². The molecule has 0 bridgehead atoms. The molecule has 0 saturated carbocycles. The largest absolute Gasteiger partial charge is 0.370 e. The lowest BCUT2D eigenvalue weighted by Crippen LogP contribution is -2.23. The normalized spacial score (nSPS) is 14.6. The number of nitrogens with one attached hydrogen (secondary N) is 2. The maximum absolute atomic E-state index is 11.5. The molecule has 1 aromatic rings. The smallest absolute Gasteiger partial charge is 0.259 e. The van der Waals surface area contributed by atoms with Crippen molar-refractivity contribution in [3.63, 3.8) is 0 Å². The van der Waals surface area contributed by atoms with E-state index >= 15 is 0 Å². The van der Waals surface area contributed by atoms with E-state index in [-0.39, 0.29) is 11.8 Å². The molecule has 0 unspecified atom stereocenters. The number of hydrogen-bond acceptors (Lipinski definition) is 3. The van der Waals surface area contributed by atoms with Gasteiger partial charge in [-0.25, -0.2) is 0 Å². The van der Waals surface area contributed by atoms with Gasteiger partial charge in [0.05, 0.1) is 11.1 Å². The van der Waals surface area contributed by atoms with E-state index in [0.717, 1.165) is 0 Å². The number of aliphatic imine (C=N–C) groups is 1.